The van der Waals surface area contributed by atoms with Gasteiger partial charge in [0.2, 0.25) is 15.9 Å². The first-order valence-corrected chi connectivity index (χ1v) is 8.87. The van der Waals surface area contributed by atoms with E-state index >= 15 is 0 Å². The lowest BCUT2D eigenvalue weighted by Gasteiger charge is -2.20. The van der Waals surface area contributed by atoms with Crippen molar-refractivity contribution in [3.8, 4) is 0 Å². The topological polar surface area (TPSA) is 113 Å². The van der Waals surface area contributed by atoms with Crippen LogP contribution in [0.15, 0.2) is 35.2 Å². The molecule has 0 aliphatic heterocycles. The third-order valence-corrected chi connectivity index (χ3v) is 5.25. The van der Waals surface area contributed by atoms with Crippen LogP contribution in [-0.4, -0.2) is 37.5 Å². The smallest absolute Gasteiger partial charge is 0.305 e. The predicted octanol–water partition coefficient (Wildman–Crippen LogP) is 0.723. The molecule has 1 aromatic carbocycles. The van der Waals surface area contributed by atoms with Crippen LogP contribution < -0.4 is 10.0 Å². The zero-order chi connectivity index (χ0) is 17.0. The van der Waals surface area contributed by atoms with E-state index in [1.807, 2.05) is 0 Å². The monoisotopic (exact) mass is 340 g/mol. The fourth-order valence-corrected chi connectivity index (χ4v) is 3.51. The molecule has 1 saturated carbocycles. The number of amides is 1. The second-order valence-electron chi connectivity index (χ2n) is 5.71. The van der Waals surface area contributed by atoms with Crippen LogP contribution in [0.3, 0.4) is 0 Å². The molecule has 2 unspecified atom stereocenters. The summed E-state index contributed by atoms with van der Waals surface area (Å²) in [5.74, 6) is -1.35. The van der Waals surface area contributed by atoms with Gasteiger partial charge in [-0.3, -0.25) is 9.59 Å². The SMILES string of the molecule is CC(NS(=O)(=O)c1ccccc1)C(=O)NC(CC(=O)O)C1CC1. The molecular weight excluding hydrogens is 320 g/mol. The zero-order valence-electron chi connectivity index (χ0n) is 12.7. The first-order valence-electron chi connectivity index (χ1n) is 7.39. The minimum absolute atomic E-state index is 0.0731. The van der Waals surface area contributed by atoms with Gasteiger partial charge in [-0.25, -0.2) is 8.42 Å². The van der Waals surface area contributed by atoms with Crippen LogP contribution in [0.4, 0.5) is 0 Å². The number of hydrogen-bond donors (Lipinski definition) is 3. The van der Waals surface area contributed by atoms with Crippen LogP contribution >= 0.6 is 0 Å². The lowest BCUT2D eigenvalue weighted by Crippen LogP contribution is -2.49. The Morgan fingerprint density at radius 3 is 2.39 bits per heavy atom. The van der Waals surface area contributed by atoms with Gasteiger partial charge in [-0.05, 0) is 37.8 Å². The summed E-state index contributed by atoms with van der Waals surface area (Å²) in [5.41, 5.74) is 0. The number of nitrogens with one attached hydrogen (secondary N) is 2. The van der Waals surface area contributed by atoms with E-state index in [4.69, 9.17) is 5.11 Å². The molecule has 1 amide bonds. The maximum Gasteiger partial charge on any atom is 0.305 e. The van der Waals surface area contributed by atoms with Crippen LogP contribution in [0.5, 0.6) is 0 Å². The molecule has 1 aliphatic rings. The Balaban J connectivity index is 1.98. The van der Waals surface area contributed by atoms with Crippen molar-refractivity contribution in [3.63, 3.8) is 0 Å². The van der Waals surface area contributed by atoms with Gasteiger partial charge in [-0.2, -0.15) is 4.72 Å². The first kappa shape index (κ1) is 17.4. The summed E-state index contributed by atoms with van der Waals surface area (Å²) in [6.07, 6.45) is 1.60. The summed E-state index contributed by atoms with van der Waals surface area (Å²) in [4.78, 5) is 23.1. The molecule has 0 spiro atoms. The third kappa shape index (κ3) is 5.04. The number of carbonyl (C=O) groups is 2. The Hall–Kier alpha value is -1.93. The lowest BCUT2D eigenvalue weighted by atomic mass is 10.1. The number of sulfonamides is 1. The maximum atomic E-state index is 12.2. The van der Waals surface area contributed by atoms with E-state index in [1.165, 1.54) is 19.1 Å². The van der Waals surface area contributed by atoms with Gasteiger partial charge >= 0.3 is 5.97 Å². The predicted molar refractivity (Wildman–Crippen MR) is 83.1 cm³/mol. The summed E-state index contributed by atoms with van der Waals surface area (Å²) >= 11 is 0. The lowest BCUT2D eigenvalue weighted by molar-refractivity contribution is -0.138. The molecular formula is C15H20N2O5S. The van der Waals surface area contributed by atoms with E-state index in [1.54, 1.807) is 18.2 Å². The second-order valence-corrected chi connectivity index (χ2v) is 7.42. The Bertz CT molecular complexity index is 670. The number of carboxylic acids is 1. The molecule has 0 saturated heterocycles. The maximum absolute atomic E-state index is 12.2. The standard InChI is InChI=1S/C15H20N2O5S/c1-10(17-23(21,22)12-5-3-2-4-6-12)15(20)16-13(9-14(18)19)11-7-8-11/h2-6,10-11,13,17H,7-9H2,1H3,(H,16,20)(H,18,19). The third-order valence-electron chi connectivity index (χ3n) is 3.69. The van der Waals surface area contributed by atoms with Crippen molar-refractivity contribution in [2.24, 2.45) is 5.92 Å². The van der Waals surface area contributed by atoms with Gasteiger partial charge in [-0.1, -0.05) is 18.2 Å². The number of carboxylic acid groups (broad SMARTS) is 1. The summed E-state index contributed by atoms with van der Waals surface area (Å²) in [5, 5.41) is 11.5. The summed E-state index contributed by atoms with van der Waals surface area (Å²) in [6, 6.07) is 6.31. The quantitative estimate of drug-likeness (QED) is 0.645. The van der Waals surface area contributed by atoms with Crippen LogP contribution in [0, 0.1) is 5.92 Å². The van der Waals surface area contributed by atoms with Gasteiger partial charge in [0.05, 0.1) is 17.4 Å². The van der Waals surface area contributed by atoms with Crippen molar-refractivity contribution in [3.05, 3.63) is 30.3 Å². The van der Waals surface area contributed by atoms with Crippen molar-refractivity contribution in [2.75, 3.05) is 0 Å². The van der Waals surface area contributed by atoms with Crippen LogP contribution in [0.25, 0.3) is 0 Å². The van der Waals surface area contributed by atoms with Crippen molar-refractivity contribution < 1.29 is 23.1 Å². The molecule has 7 nitrogen and oxygen atoms in total. The highest BCUT2D eigenvalue weighted by molar-refractivity contribution is 7.89. The number of aliphatic carboxylic acids is 1. The molecule has 2 rings (SSSR count). The average Bonchev–Trinajstić information content (AvgIpc) is 3.31. The Morgan fingerprint density at radius 2 is 1.87 bits per heavy atom. The molecule has 3 N–H and O–H groups in total. The molecule has 0 radical (unpaired) electrons. The normalized spacial score (nSPS) is 17.3. The number of benzene rings is 1. The van der Waals surface area contributed by atoms with Crippen LogP contribution in [0.1, 0.15) is 26.2 Å². The largest absolute Gasteiger partial charge is 0.481 e. The Kier molecular flexibility index (Phi) is 5.38. The van der Waals surface area contributed by atoms with Gasteiger partial charge in [0.1, 0.15) is 0 Å². The van der Waals surface area contributed by atoms with E-state index in [9.17, 15) is 18.0 Å². The van der Waals surface area contributed by atoms with Gasteiger partial charge in [0.15, 0.2) is 0 Å². The number of carbonyl (C=O) groups excluding carboxylic acids is 1. The van der Waals surface area contributed by atoms with Crippen molar-refractivity contribution in [2.45, 2.75) is 43.2 Å². The highest BCUT2D eigenvalue weighted by atomic mass is 32.2. The van der Waals surface area contributed by atoms with E-state index in [2.05, 4.69) is 10.0 Å². The molecule has 8 heteroatoms. The summed E-state index contributed by atoms with van der Waals surface area (Å²) in [7, 11) is -3.80. The van der Waals surface area contributed by atoms with E-state index in [0.717, 1.165) is 12.8 Å². The molecule has 126 valence electrons. The van der Waals surface area contributed by atoms with Crippen molar-refractivity contribution in [1.29, 1.82) is 0 Å². The highest BCUT2D eigenvalue weighted by Gasteiger charge is 2.35. The fourth-order valence-electron chi connectivity index (χ4n) is 2.28. The molecule has 1 fully saturated rings. The van der Waals surface area contributed by atoms with Crippen LogP contribution in [-0.2, 0) is 19.6 Å². The molecule has 1 aromatic rings. The average molecular weight is 340 g/mol. The van der Waals surface area contributed by atoms with Gasteiger partial charge in [0.25, 0.3) is 0 Å². The van der Waals surface area contributed by atoms with E-state index in [0.29, 0.717) is 0 Å². The molecule has 0 bridgehead atoms. The fraction of sp³-hybridized carbons (Fsp3) is 0.467. The minimum Gasteiger partial charge on any atom is -0.481 e. The Labute approximate surface area is 135 Å². The highest BCUT2D eigenvalue weighted by Crippen LogP contribution is 2.34. The number of rotatable bonds is 8. The van der Waals surface area contributed by atoms with E-state index < -0.39 is 34.0 Å². The molecule has 1 aliphatic carbocycles. The van der Waals surface area contributed by atoms with Crippen molar-refractivity contribution in [1.82, 2.24) is 10.0 Å². The van der Waals surface area contributed by atoms with Gasteiger partial charge in [-0.15, -0.1) is 0 Å². The Morgan fingerprint density at radius 1 is 1.26 bits per heavy atom. The molecule has 0 heterocycles. The first-order chi connectivity index (χ1) is 10.8. The van der Waals surface area contributed by atoms with Crippen molar-refractivity contribution >= 4 is 21.9 Å². The van der Waals surface area contributed by atoms with Gasteiger partial charge in [0, 0.05) is 6.04 Å². The van der Waals surface area contributed by atoms with E-state index in [-0.39, 0.29) is 17.2 Å². The summed E-state index contributed by atoms with van der Waals surface area (Å²) < 4.78 is 26.6. The molecule has 0 aromatic heterocycles. The number of hydrogen-bond acceptors (Lipinski definition) is 4. The minimum atomic E-state index is -3.80. The zero-order valence-corrected chi connectivity index (χ0v) is 13.5. The molecule has 2 atom stereocenters. The summed E-state index contributed by atoms with van der Waals surface area (Å²) in [6.45, 7) is 1.43. The molecule has 23 heavy (non-hydrogen) atoms. The van der Waals surface area contributed by atoms with Crippen LogP contribution in [0.2, 0.25) is 0 Å². The second kappa shape index (κ2) is 7.10. The van der Waals surface area contributed by atoms with Gasteiger partial charge < -0.3 is 10.4 Å².